The molecule has 0 fully saturated rings. The first-order valence-electron chi connectivity index (χ1n) is 6.67. The summed E-state index contributed by atoms with van der Waals surface area (Å²) in [4.78, 5) is 19.1. The summed E-state index contributed by atoms with van der Waals surface area (Å²) in [7, 11) is 0. The van der Waals surface area contributed by atoms with Gasteiger partial charge < -0.3 is 26.7 Å². The van der Waals surface area contributed by atoms with Crippen molar-refractivity contribution in [2.24, 2.45) is 27.2 Å². The molecule has 0 bridgehead atoms. The molecule has 8 nitrogen and oxygen atoms in total. The topological polar surface area (TPSA) is 138 Å². The first kappa shape index (κ1) is 17.3. The zero-order valence-electron chi connectivity index (χ0n) is 12.9. The first-order valence-corrected chi connectivity index (χ1v) is 6.67. The zero-order chi connectivity index (χ0) is 16.7. The molecule has 1 rings (SSSR count). The molecule has 0 aliphatic heterocycles. The van der Waals surface area contributed by atoms with E-state index < -0.39 is 5.97 Å². The summed E-state index contributed by atoms with van der Waals surface area (Å²) < 4.78 is 10.3. The van der Waals surface area contributed by atoms with Gasteiger partial charge in [0.2, 0.25) is 5.96 Å². The molecule has 1 aromatic rings. The maximum absolute atomic E-state index is 11.3. The van der Waals surface area contributed by atoms with Gasteiger partial charge in [-0.2, -0.15) is 4.99 Å². The Balaban J connectivity index is 2.93. The molecule has 8 heteroatoms. The van der Waals surface area contributed by atoms with Crippen LogP contribution < -0.4 is 21.9 Å². The highest BCUT2D eigenvalue weighted by Gasteiger charge is 2.09. The van der Waals surface area contributed by atoms with Gasteiger partial charge >= 0.3 is 5.97 Å². The van der Waals surface area contributed by atoms with Crippen LogP contribution in [0.25, 0.3) is 0 Å². The number of rotatable bonds is 5. The van der Waals surface area contributed by atoms with E-state index in [9.17, 15) is 4.79 Å². The molecule has 22 heavy (non-hydrogen) atoms. The summed E-state index contributed by atoms with van der Waals surface area (Å²) in [6.07, 6.45) is 0. The Morgan fingerprint density at radius 2 is 1.77 bits per heavy atom. The molecule has 0 spiro atoms. The van der Waals surface area contributed by atoms with E-state index in [1.807, 2.05) is 13.8 Å². The Labute approximate surface area is 129 Å². The van der Waals surface area contributed by atoms with Crippen LogP contribution in [0.4, 0.5) is 5.69 Å². The second kappa shape index (κ2) is 7.87. The van der Waals surface area contributed by atoms with Gasteiger partial charge in [0.15, 0.2) is 12.6 Å². The van der Waals surface area contributed by atoms with Crippen LogP contribution in [0.5, 0.6) is 5.75 Å². The predicted octanol–water partition coefficient (Wildman–Crippen LogP) is 0.465. The van der Waals surface area contributed by atoms with Gasteiger partial charge in [0.05, 0.1) is 12.3 Å². The van der Waals surface area contributed by atoms with E-state index >= 15 is 0 Å². The van der Waals surface area contributed by atoms with Crippen molar-refractivity contribution in [2.75, 3.05) is 13.2 Å². The molecule has 0 unspecified atom stereocenters. The van der Waals surface area contributed by atoms with Crippen LogP contribution in [-0.2, 0) is 9.53 Å². The van der Waals surface area contributed by atoms with E-state index in [1.165, 1.54) is 0 Å². The van der Waals surface area contributed by atoms with Crippen LogP contribution in [-0.4, -0.2) is 31.1 Å². The second-order valence-corrected chi connectivity index (χ2v) is 4.51. The van der Waals surface area contributed by atoms with Crippen molar-refractivity contribution in [2.45, 2.75) is 20.8 Å². The van der Waals surface area contributed by atoms with Crippen LogP contribution in [0.3, 0.4) is 0 Å². The number of nitrogens with two attached hydrogens (primary N) is 3. The lowest BCUT2D eigenvalue weighted by Crippen LogP contribution is -2.26. The number of guanidine groups is 2. The third-order valence-corrected chi connectivity index (χ3v) is 2.57. The van der Waals surface area contributed by atoms with Crippen molar-refractivity contribution in [3.05, 3.63) is 23.3 Å². The summed E-state index contributed by atoms with van der Waals surface area (Å²) in [5.41, 5.74) is 18.2. The number of aliphatic imine (C=N–C) groups is 2. The Kier molecular flexibility index (Phi) is 6.18. The number of hydrogen-bond donors (Lipinski definition) is 3. The third-order valence-electron chi connectivity index (χ3n) is 2.57. The molecule has 0 amide bonds. The summed E-state index contributed by atoms with van der Waals surface area (Å²) in [6.45, 7) is 5.58. The molecule has 0 radical (unpaired) electrons. The summed E-state index contributed by atoms with van der Waals surface area (Å²) in [6, 6.07) is 3.51. The minimum Gasteiger partial charge on any atom is -0.481 e. The van der Waals surface area contributed by atoms with Crippen molar-refractivity contribution < 1.29 is 14.3 Å². The minimum absolute atomic E-state index is 0.0426. The molecule has 0 aliphatic carbocycles. The molecular formula is C14H21N5O3. The average Bonchev–Trinajstić information content (AvgIpc) is 2.36. The van der Waals surface area contributed by atoms with Gasteiger partial charge in [0.1, 0.15) is 5.75 Å². The van der Waals surface area contributed by atoms with Gasteiger partial charge in [-0.1, -0.05) is 0 Å². The average molecular weight is 307 g/mol. The lowest BCUT2D eigenvalue weighted by atomic mass is 10.1. The summed E-state index contributed by atoms with van der Waals surface area (Å²) in [5, 5.41) is 0. The number of ether oxygens (including phenoxy) is 2. The minimum atomic E-state index is -0.416. The van der Waals surface area contributed by atoms with E-state index in [0.717, 1.165) is 11.1 Å². The number of nitrogens with zero attached hydrogens (tertiary/aromatic N) is 2. The molecule has 0 heterocycles. The van der Waals surface area contributed by atoms with Crippen LogP contribution >= 0.6 is 0 Å². The Morgan fingerprint density at radius 3 is 2.27 bits per heavy atom. The Bertz CT molecular complexity index is 583. The third kappa shape index (κ3) is 5.31. The number of hydrogen-bond acceptors (Lipinski definition) is 4. The monoisotopic (exact) mass is 307 g/mol. The molecule has 6 N–H and O–H groups in total. The Hall–Kier alpha value is -2.77. The van der Waals surface area contributed by atoms with Gasteiger partial charge in [-0.25, -0.2) is 9.79 Å². The molecule has 0 aliphatic rings. The molecule has 0 atom stereocenters. The van der Waals surface area contributed by atoms with Crippen molar-refractivity contribution in [1.29, 1.82) is 0 Å². The molecule has 0 aromatic heterocycles. The van der Waals surface area contributed by atoms with Gasteiger partial charge in [0, 0.05) is 0 Å². The van der Waals surface area contributed by atoms with Crippen molar-refractivity contribution in [3.63, 3.8) is 0 Å². The normalized spacial score (nSPS) is 11.0. The fourth-order valence-electron chi connectivity index (χ4n) is 1.84. The zero-order valence-corrected chi connectivity index (χ0v) is 12.9. The van der Waals surface area contributed by atoms with Gasteiger partial charge in [0.25, 0.3) is 0 Å². The number of esters is 1. The highest BCUT2D eigenvalue weighted by atomic mass is 16.6. The molecule has 0 saturated carbocycles. The van der Waals surface area contributed by atoms with Gasteiger partial charge in [-0.3, -0.25) is 0 Å². The first-order chi connectivity index (χ1) is 10.3. The molecule has 1 aromatic carbocycles. The van der Waals surface area contributed by atoms with Gasteiger partial charge in [-0.15, -0.1) is 0 Å². The van der Waals surface area contributed by atoms with Gasteiger partial charge in [-0.05, 0) is 44.0 Å². The lowest BCUT2D eigenvalue weighted by molar-refractivity contribution is -0.145. The molecule has 120 valence electrons. The second-order valence-electron chi connectivity index (χ2n) is 4.51. The molecule has 0 saturated heterocycles. The largest absolute Gasteiger partial charge is 0.481 e. The maximum Gasteiger partial charge on any atom is 0.344 e. The standard InChI is InChI=1S/C14H21N5O3/c1-4-21-11(20)7-22-12-8(2)5-10(6-9(12)3)18-14(17)19-13(15)16/h5-6H,4,7H2,1-3H3,(H6,15,16,17,18,19). The van der Waals surface area contributed by atoms with Crippen LogP contribution in [0, 0.1) is 13.8 Å². The number of benzene rings is 1. The van der Waals surface area contributed by atoms with E-state index in [4.69, 9.17) is 26.7 Å². The van der Waals surface area contributed by atoms with E-state index in [0.29, 0.717) is 18.0 Å². The Morgan fingerprint density at radius 1 is 1.18 bits per heavy atom. The maximum atomic E-state index is 11.3. The number of carbonyl (C=O) groups is 1. The fraction of sp³-hybridized carbons (Fsp3) is 0.357. The fourth-order valence-corrected chi connectivity index (χ4v) is 1.84. The number of carbonyl (C=O) groups excluding carboxylic acids is 1. The quantitative estimate of drug-likeness (QED) is 0.410. The van der Waals surface area contributed by atoms with Crippen molar-refractivity contribution in [1.82, 2.24) is 0 Å². The lowest BCUT2D eigenvalue weighted by Gasteiger charge is -2.12. The highest BCUT2D eigenvalue weighted by molar-refractivity contribution is 5.93. The number of aryl methyl sites for hydroxylation is 2. The SMILES string of the molecule is CCOC(=O)COc1c(C)cc(N=C(N)N=C(N)N)cc1C. The van der Waals surface area contributed by atoms with Crippen LogP contribution in [0.2, 0.25) is 0 Å². The van der Waals surface area contributed by atoms with E-state index in [-0.39, 0.29) is 18.5 Å². The van der Waals surface area contributed by atoms with Crippen molar-refractivity contribution in [3.8, 4) is 5.75 Å². The van der Waals surface area contributed by atoms with Crippen LogP contribution in [0.15, 0.2) is 22.1 Å². The van der Waals surface area contributed by atoms with Crippen molar-refractivity contribution >= 4 is 23.6 Å². The van der Waals surface area contributed by atoms with Crippen LogP contribution in [0.1, 0.15) is 18.1 Å². The summed E-state index contributed by atoms with van der Waals surface area (Å²) in [5.74, 6) is -0.0177. The highest BCUT2D eigenvalue weighted by Crippen LogP contribution is 2.28. The molecular weight excluding hydrogens is 286 g/mol. The predicted molar refractivity (Wildman–Crippen MR) is 85.1 cm³/mol. The van der Waals surface area contributed by atoms with E-state index in [1.54, 1.807) is 19.1 Å². The summed E-state index contributed by atoms with van der Waals surface area (Å²) >= 11 is 0. The smallest absolute Gasteiger partial charge is 0.344 e. The van der Waals surface area contributed by atoms with E-state index in [2.05, 4.69) is 9.98 Å².